The SMILES string of the molecule is COc1ccc(OC)c(C(=S)N(C)NC(=O)CC(=O)NN(C)C(=S)c2cc(CO)ccc2OC)c1. The number of aliphatic hydroxyl groups excluding tert-OH is 1. The maximum atomic E-state index is 12.5. The molecule has 0 aliphatic rings. The van der Waals surface area contributed by atoms with E-state index in [4.69, 9.17) is 38.6 Å². The van der Waals surface area contributed by atoms with Crippen LogP contribution in [0.4, 0.5) is 0 Å². The van der Waals surface area contributed by atoms with Crippen molar-refractivity contribution in [3.05, 3.63) is 53.1 Å². The number of nitrogens with zero attached hydrogens (tertiary/aromatic N) is 2. The molecule has 0 radical (unpaired) electrons. The molecule has 0 spiro atoms. The van der Waals surface area contributed by atoms with Gasteiger partial charge >= 0.3 is 0 Å². The summed E-state index contributed by atoms with van der Waals surface area (Å²) in [6, 6.07) is 10.2. The summed E-state index contributed by atoms with van der Waals surface area (Å²) in [5.41, 5.74) is 6.80. The van der Waals surface area contributed by atoms with Crippen molar-refractivity contribution in [2.45, 2.75) is 13.0 Å². The molecule has 3 N–H and O–H groups in total. The fraction of sp³-hybridized carbons (Fsp3) is 0.304. The van der Waals surface area contributed by atoms with Crippen LogP contribution in [-0.2, 0) is 16.2 Å². The Morgan fingerprint density at radius 3 is 1.77 bits per heavy atom. The number of carbonyl (C=O) groups is 2. The quantitative estimate of drug-likeness (QED) is 0.269. The second kappa shape index (κ2) is 12.8. The van der Waals surface area contributed by atoms with Crippen molar-refractivity contribution < 1.29 is 28.9 Å². The van der Waals surface area contributed by atoms with E-state index in [-0.39, 0.29) is 16.6 Å². The number of aliphatic hydroxyl groups is 1. The van der Waals surface area contributed by atoms with Gasteiger partial charge in [0.2, 0.25) is 11.8 Å². The highest BCUT2D eigenvalue weighted by Gasteiger charge is 2.20. The van der Waals surface area contributed by atoms with E-state index in [1.54, 1.807) is 50.5 Å². The molecule has 0 fully saturated rings. The third-order valence-corrected chi connectivity index (χ3v) is 5.82. The summed E-state index contributed by atoms with van der Waals surface area (Å²) in [6.07, 6.45) is -0.483. The molecule has 2 aromatic rings. The molecule has 12 heteroatoms. The number of carbonyl (C=O) groups excluding carboxylic acids is 2. The Hall–Kier alpha value is -3.48. The molecule has 0 aliphatic heterocycles. The zero-order valence-corrected chi connectivity index (χ0v) is 21.7. The molecule has 0 aliphatic carbocycles. The molecule has 0 unspecified atom stereocenters. The number of hydrogen-bond donors (Lipinski definition) is 3. The summed E-state index contributed by atoms with van der Waals surface area (Å²) in [7, 11) is 7.62. The Kier molecular flexibility index (Phi) is 10.2. The van der Waals surface area contributed by atoms with Gasteiger partial charge in [-0.05, 0) is 35.9 Å². The Balaban J connectivity index is 2.00. The molecule has 0 bridgehead atoms. The second-order valence-electron chi connectivity index (χ2n) is 7.23. The number of hydrazine groups is 2. The van der Waals surface area contributed by atoms with Crippen molar-refractivity contribution in [1.29, 1.82) is 0 Å². The second-order valence-corrected chi connectivity index (χ2v) is 8.01. The number of benzene rings is 2. The van der Waals surface area contributed by atoms with Crippen LogP contribution in [0.5, 0.6) is 17.2 Å². The highest BCUT2D eigenvalue weighted by atomic mass is 32.1. The molecule has 0 saturated heterocycles. The minimum atomic E-state index is -0.595. The van der Waals surface area contributed by atoms with Crippen LogP contribution in [0.3, 0.4) is 0 Å². The van der Waals surface area contributed by atoms with Crippen molar-refractivity contribution in [2.75, 3.05) is 35.4 Å². The number of amides is 2. The first kappa shape index (κ1) is 27.8. The number of hydrogen-bond acceptors (Lipinski definition) is 8. The maximum Gasteiger partial charge on any atom is 0.248 e. The van der Waals surface area contributed by atoms with Gasteiger partial charge in [0.25, 0.3) is 0 Å². The molecule has 10 nitrogen and oxygen atoms in total. The number of thiocarbonyl (C=S) groups is 2. The average molecular weight is 521 g/mol. The van der Waals surface area contributed by atoms with Gasteiger partial charge in [0.05, 0.1) is 39.1 Å². The summed E-state index contributed by atoms with van der Waals surface area (Å²) < 4.78 is 15.9. The third kappa shape index (κ3) is 7.25. The summed E-state index contributed by atoms with van der Waals surface area (Å²) >= 11 is 10.9. The monoisotopic (exact) mass is 520 g/mol. The lowest BCUT2D eigenvalue weighted by Gasteiger charge is -2.24. The van der Waals surface area contributed by atoms with Crippen LogP contribution in [0.2, 0.25) is 0 Å². The normalized spacial score (nSPS) is 10.1. The highest BCUT2D eigenvalue weighted by Crippen LogP contribution is 2.25. The number of methoxy groups -OCH3 is 3. The molecule has 35 heavy (non-hydrogen) atoms. The number of ether oxygens (including phenoxy) is 3. The maximum absolute atomic E-state index is 12.5. The van der Waals surface area contributed by atoms with Gasteiger partial charge in [0, 0.05) is 14.1 Å². The van der Waals surface area contributed by atoms with Gasteiger partial charge in [-0.15, -0.1) is 0 Å². The summed E-state index contributed by atoms with van der Waals surface area (Å²) in [5, 5.41) is 12.0. The van der Waals surface area contributed by atoms with E-state index in [0.717, 1.165) is 0 Å². The van der Waals surface area contributed by atoms with Crippen LogP contribution < -0.4 is 25.1 Å². The average Bonchev–Trinajstić information content (AvgIpc) is 2.86. The first-order valence-electron chi connectivity index (χ1n) is 10.3. The molecular weight excluding hydrogens is 492 g/mol. The summed E-state index contributed by atoms with van der Waals surface area (Å²) in [6.45, 7) is -0.174. The molecule has 0 aromatic heterocycles. The van der Waals surface area contributed by atoms with Crippen LogP contribution in [0, 0.1) is 0 Å². The van der Waals surface area contributed by atoms with Crippen molar-refractivity contribution in [3.63, 3.8) is 0 Å². The van der Waals surface area contributed by atoms with Gasteiger partial charge in [-0.2, -0.15) is 0 Å². The Bertz CT molecular complexity index is 1030. The van der Waals surface area contributed by atoms with Crippen molar-refractivity contribution in [3.8, 4) is 17.2 Å². The Labute approximate surface area is 214 Å². The van der Waals surface area contributed by atoms with Crippen LogP contribution in [0.25, 0.3) is 0 Å². The first-order valence-corrected chi connectivity index (χ1v) is 11.1. The molecule has 188 valence electrons. The fourth-order valence-electron chi connectivity index (χ4n) is 3.06. The zero-order chi connectivity index (χ0) is 26.1. The highest BCUT2D eigenvalue weighted by molar-refractivity contribution is 7.81. The lowest BCUT2D eigenvalue weighted by atomic mass is 10.1. The van der Waals surface area contributed by atoms with Crippen LogP contribution in [-0.4, -0.2) is 72.3 Å². The first-order chi connectivity index (χ1) is 16.6. The zero-order valence-electron chi connectivity index (χ0n) is 20.1. The van der Waals surface area contributed by atoms with Crippen LogP contribution in [0.15, 0.2) is 36.4 Å². The molecule has 0 heterocycles. The molecular formula is C23H28N4O6S2. The molecule has 2 amide bonds. The molecule has 0 atom stereocenters. The van der Waals surface area contributed by atoms with Gasteiger partial charge in [0.1, 0.15) is 33.6 Å². The van der Waals surface area contributed by atoms with E-state index < -0.39 is 18.2 Å². The Morgan fingerprint density at radius 1 is 0.829 bits per heavy atom. The van der Waals surface area contributed by atoms with Crippen molar-refractivity contribution >= 4 is 46.2 Å². The minimum Gasteiger partial charge on any atom is -0.497 e. The molecule has 2 rings (SSSR count). The van der Waals surface area contributed by atoms with Gasteiger partial charge in [0.15, 0.2) is 0 Å². The number of nitrogens with one attached hydrogen (secondary N) is 2. The smallest absolute Gasteiger partial charge is 0.248 e. The standard InChI is InChI=1S/C23H28N4O6S2/c1-26(22(34)16-10-14(13-28)6-8-18(16)32-4)24-20(29)12-21(30)25-27(2)23(35)17-11-15(31-3)7-9-19(17)33-5/h6-11,28H,12-13H2,1-5H3,(H,24,29)(H,25,30). The number of rotatable bonds is 8. The van der Waals surface area contributed by atoms with Gasteiger partial charge in [-0.25, -0.2) is 0 Å². The minimum absolute atomic E-state index is 0.174. The van der Waals surface area contributed by atoms with Crippen molar-refractivity contribution in [1.82, 2.24) is 20.9 Å². The van der Waals surface area contributed by atoms with E-state index in [2.05, 4.69) is 10.9 Å². The fourth-order valence-corrected chi connectivity index (χ4v) is 3.47. The Morgan fingerprint density at radius 2 is 1.31 bits per heavy atom. The van der Waals surface area contributed by atoms with E-state index in [0.29, 0.717) is 33.9 Å². The lowest BCUT2D eigenvalue weighted by Crippen LogP contribution is -2.47. The summed E-state index contributed by atoms with van der Waals surface area (Å²) in [4.78, 5) is 25.4. The van der Waals surface area contributed by atoms with E-state index in [9.17, 15) is 14.7 Å². The van der Waals surface area contributed by atoms with Gasteiger partial charge < -0.3 is 19.3 Å². The van der Waals surface area contributed by atoms with Crippen molar-refractivity contribution in [2.24, 2.45) is 0 Å². The van der Waals surface area contributed by atoms with Gasteiger partial charge in [-0.3, -0.25) is 30.5 Å². The topological polar surface area (TPSA) is 113 Å². The summed E-state index contributed by atoms with van der Waals surface area (Å²) in [5.74, 6) is 0.373. The lowest BCUT2D eigenvalue weighted by molar-refractivity contribution is -0.132. The third-order valence-electron chi connectivity index (χ3n) is 4.83. The largest absolute Gasteiger partial charge is 0.497 e. The molecule has 0 saturated carbocycles. The van der Waals surface area contributed by atoms with E-state index in [1.807, 2.05) is 0 Å². The predicted octanol–water partition coefficient (Wildman–Crippen LogP) is 1.57. The van der Waals surface area contributed by atoms with Crippen LogP contribution >= 0.6 is 24.4 Å². The predicted molar refractivity (Wildman–Crippen MR) is 138 cm³/mol. The molecule has 2 aromatic carbocycles. The van der Waals surface area contributed by atoms with E-state index >= 15 is 0 Å². The van der Waals surface area contributed by atoms with E-state index in [1.165, 1.54) is 31.3 Å². The van der Waals surface area contributed by atoms with Crippen LogP contribution in [0.1, 0.15) is 23.1 Å². The van der Waals surface area contributed by atoms with Gasteiger partial charge in [-0.1, -0.05) is 30.5 Å².